The summed E-state index contributed by atoms with van der Waals surface area (Å²) in [6.45, 7) is 12.1. The summed E-state index contributed by atoms with van der Waals surface area (Å²) < 4.78 is 6.54. The number of anilines is 2. The zero-order valence-corrected chi connectivity index (χ0v) is 23.5. The zero-order chi connectivity index (χ0) is 27.4. The number of nitrogens with one attached hydrogen (secondary N) is 2. The summed E-state index contributed by atoms with van der Waals surface area (Å²) >= 11 is 5.22. The molecule has 0 amide bonds. The molecule has 0 saturated heterocycles. The zero-order valence-electron chi connectivity index (χ0n) is 22.7. The standard InChI is InChI=1S/C30H36N4O3S/c1-6-33(7-2)20-11-14-23-26(17-20)37-27-18-21(34(8-3)9-4)12-15-24(27)28(23)22-13-10-19(32-30(38)31-5)16-25(22)29(35)36/h10-18,20H,6-9H2,1-5H3,(H,35,36)(H2,31,32,38). The summed E-state index contributed by atoms with van der Waals surface area (Å²) in [5.41, 5.74) is 5.09. The molecule has 1 heterocycles. The summed E-state index contributed by atoms with van der Waals surface area (Å²) in [4.78, 5) is 17.1. The monoisotopic (exact) mass is 532 g/mol. The molecule has 0 aromatic heterocycles. The van der Waals surface area contributed by atoms with Gasteiger partial charge in [0.25, 0.3) is 0 Å². The quantitative estimate of drug-likeness (QED) is 0.365. The van der Waals surface area contributed by atoms with Crippen LogP contribution in [-0.2, 0) is 0 Å². The highest BCUT2D eigenvalue weighted by Crippen LogP contribution is 2.45. The van der Waals surface area contributed by atoms with Gasteiger partial charge in [-0.05, 0) is 75.1 Å². The molecule has 1 unspecified atom stereocenters. The van der Waals surface area contributed by atoms with Gasteiger partial charge in [-0.25, -0.2) is 4.79 Å². The molecule has 2 aliphatic rings. The first-order valence-electron chi connectivity index (χ1n) is 13.2. The highest BCUT2D eigenvalue weighted by Gasteiger charge is 2.30. The van der Waals surface area contributed by atoms with Crippen LogP contribution in [0.5, 0.6) is 5.75 Å². The predicted molar refractivity (Wildman–Crippen MR) is 159 cm³/mol. The predicted octanol–water partition coefficient (Wildman–Crippen LogP) is 5.51. The molecule has 0 fully saturated rings. The van der Waals surface area contributed by atoms with Gasteiger partial charge in [0, 0.05) is 54.3 Å². The fourth-order valence-corrected chi connectivity index (χ4v) is 5.21. The number of hydrogen-bond acceptors (Lipinski definition) is 5. The number of carboxylic acids is 1. The van der Waals surface area contributed by atoms with E-state index < -0.39 is 5.97 Å². The van der Waals surface area contributed by atoms with Gasteiger partial charge in [0.1, 0.15) is 11.5 Å². The maximum absolute atomic E-state index is 12.5. The Hall–Kier alpha value is -3.62. The van der Waals surface area contributed by atoms with Crippen molar-refractivity contribution in [2.24, 2.45) is 0 Å². The van der Waals surface area contributed by atoms with Gasteiger partial charge in [-0.3, -0.25) is 4.90 Å². The van der Waals surface area contributed by atoms with E-state index in [0.717, 1.165) is 60.1 Å². The van der Waals surface area contributed by atoms with Crippen LogP contribution >= 0.6 is 12.2 Å². The summed E-state index contributed by atoms with van der Waals surface area (Å²) in [7, 11) is 1.72. The molecule has 0 saturated carbocycles. The first kappa shape index (κ1) is 27.4. The Balaban J connectivity index is 1.93. The van der Waals surface area contributed by atoms with Crippen LogP contribution in [0.2, 0.25) is 0 Å². The van der Waals surface area contributed by atoms with Crippen molar-refractivity contribution in [3.05, 3.63) is 82.6 Å². The molecule has 0 spiro atoms. The molecule has 0 radical (unpaired) electrons. The highest BCUT2D eigenvalue weighted by atomic mass is 32.1. The van der Waals surface area contributed by atoms with E-state index in [1.807, 2.05) is 18.2 Å². The second-order valence-electron chi connectivity index (χ2n) is 9.11. The molecule has 1 atom stereocenters. The molecule has 7 nitrogen and oxygen atoms in total. The van der Waals surface area contributed by atoms with E-state index in [9.17, 15) is 9.90 Å². The van der Waals surface area contributed by atoms with Gasteiger partial charge in [-0.15, -0.1) is 0 Å². The molecule has 1 aliphatic heterocycles. The minimum atomic E-state index is -1.01. The van der Waals surface area contributed by atoms with Crippen molar-refractivity contribution in [1.82, 2.24) is 10.2 Å². The van der Waals surface area contributed by atoms with Gasteiger partial charge in [0.15, 0.2) is 5.11 Å². The average molecular weight is 533 g/mol. The lowest BCUT2D eigenvalue weighted by Crippen LogP contribution is -2.34. The Morgan fingerprint density at radius 1 is 1.03 bits per heavy atom. The minimum absolute atomic E-state index is 0.102. The fraction of sp³-hybridized carbons (Fsp3) is 0.333. The van der Waals surface area contributed by atoms with E-state index in [2.05, 4.69) is 78.5 Å². The topological polar surface area (TPSA) is 77.1 Å². The maximum atomic E-state index is 12.5. The van der Waals surface area contributed by atoms with E-state index in [1.54, 1.807) is 13.1 Å². The number of carbonyl (C=O) groups is 1. The van der Waals surface area contributed by atoms with Gasteiger partial charge >= 0.3 is 5.97 Å². The van der Waals surface area contributed by atoms with Crippen molar-refractivity contribution in [3.63, 3.8) is 0 Å². The maximum Gasteiger partial charge on any atom is 0.336 e. The Morgan fingerprint density at radius 3 is 2.37 bits per heavy atom. The van der Waals surface area contributed by atoms with Crippen LogP contribution in [0, 0.1) is 0 Å². The molecule has 2 aromatic carbocycles. The Labute approximate surface area is 230 Å². The van der Waals surface area contributed by atoms with Crippen LogP contribution in [0.1, 0.15) is 49.2 Å². The van der Waals surface area contributed by atoms with Gasteiger partial charge in [0.05, 0.1) is 11.6 Å². The summed E-state index contributed by atoms with van der Waals surface area (Å²) in [6.07, 6.45) is 6.37. The third kappa shape index (κ3) is 5.33. The number of nitrogens with zero attached hydrogens (tertiary/aromatic N) is 2. The molecule has 3 N–H and O–H groups in total. The second kappa shape index (κ2) is 11.8. The molecule has 1 aliphatic carbocycles. The van der Waals surface area contributed by atoms with E-state index in [1.165, 1.54) is 0 Å². The van der Waals surface area contributed by atoms with Crippen molar-refractivity contribution >= 4 is 40.2 Å². The van der Waals surface area contributed by atoms with E-state index in [-0.39, 0.29) is 11.6 Å². The molecule has 200 valence electrons. The van der Waals surface area contributed by atoms with Crippen molar-refractivity contribution in [1.29, 1.82) is 0 Å². The summed E-state index contributed by atoms with van der Waals surface area (Å²) in [6, 6.07) is 11.6. The summed E-state index contributed by atoms with van der Waals surface area (Å²) in [5, 5.41) is 16.6. The molecular weight excluding hydrogens is 496 g/mol. The van der Waals surface area contributed by atoms with Gasteiger partial charge in [-0.1, -0.05) is 32.1 Å². The molecule has 4 rings (SSSR count). The van der Waals surface area contributed by atoms with E-state index in [0.29, 0.717) is 16.4 Å². The number of carboxylic acid groups (broad SMARTS) is 1. The lowest BCUT2D eigenvalue weighted by Gasteiger charge is -2.33. The van der Waals surface area contributed by atoms with E-state index in [4.69, 9.17) is 17.0 Å². The number of fused-ring (bicyclic) bond motifs is 2. The fourth-order valence-electron chi connectivity index (χ4n) is 5.10. The first-order valence-corrected chi connectivity index (χ1v) is 13.6. The van der Waals surface area contributed by atoms with Gasteiger partial charge in [-0.2, -0.15) is 0 Å². The molecule has 0 bridgehead atoms. The molecular formula is C30H36N4O3S. The lowest BCUT2D eigenvalue weighted by atomic mass is 9.84. The largest absolute Gasteiger partial charge is 0.478 e. The second-order valence-corrected chi connectivity index (χ2v) is 9.52. The van der Waals surface area contributed by atoms with Crippen LogP contribution in [-0.4, -0.2) is 60.4 Å². The smallest absolute Gasteiger partial charge is 0.336 e. The number of likely N-dealkylation sites (N-methyl/N-ethyl adjacent to an activating group) is 1. The van der Waals surface area contributed by atoms with Gasteiger partial charge in [0.2, 0.25) is 0 Å². The Bertz CT molecular complexity index is 1320. The van der Waals surface area contributed by atoms with Crippen molar-refractivity contribution in [2.45, 2.75) is 33.7 Å². The van der Waals surface area contributed by atoms with Crippen molar-refractivity contribution < 1.29 is 14.6 Å². The molecule has 2 aromatic rings. The van der Waals surface area contributed by atoms with Crippen LogP contribution in [0.15, 0.2) is 66.0 Å². The SMILES string of the molecule is CCN(CC)c1ccc2c(c1)OC1=CC(N(CC)CC)C=CC1=C2c1ccc(NC(=S)NC)cc1C(=O)O. The van der Waals surface area contributed by atoms with Crippen LogP contribution in [0.4, 0.5) is 11.4 Å². The number of ether oxygens (including phenoxy) is 1. The number of aromatic carboxylic acids is 1. The number of hydrogen-bond donors (Lipinski definition) is 3. The Kier molecular flexibility index (Phi) is 8.54. The van der Waals surface area contributed by atoms with Crippen LogP contribution < -0.4 is 20.3 Å². The van der Waals surface area contributed by atoms with Gasteiger partial charge < -0.3 is 25.4 Å². The molecule has 8 heteroatoms. The first-order chi connectivity index (χ1) is 18.3. The number of allylic oxidation sites excluding steroid dienone is 1. The van der Waals surface area contributed by atoms with Crippen LogP contribution in [0.25, 0.3) is 5.57 Å². The minimum Gasteiger partial charge on any atom is -0.478 e. The Morgan fingerprint density at radius 2 is 1.74 bits per heavy atom. The molecule has 38 heavy (non-hydrogen) atoms. The van der Waals surface area contributed by atoms with E-state index >= 15 is 0 Å². The average Bonchev–Trinajstić information content (AvgIpc) is 2.93. The highest BCUT2D eigenvalue weighted by molar-refractivity contribution is 7.80. The number of thiocarbonyl (C=S) groups is 1. The normalized spacial score (nSPS) is 15.8. The van der Waals surface area contributed by atoms with Crippen molar-refractivity contribution in [3.8, 4) is 5.75 Å². The van der Waals surface area contributed by atoms with Crippen LogP contribution in [0.3, 0.4) is 0 Å². The summed E-state index contributed by atoms with van der Waals surface area (Å²) in [5.74, 6) is 0.465. The number of rotatable bonds is 9. The third-order valence-electron chi connectivity index (χ3n) is 7.14. The van der Waals surface area contributed by atoms with Crippen molar-refractivity contribution in [2.75, 3.05) is 43.4 Å². The number of benzene rings is 2. The lowest BCUT2D eigenvalue weighted by molar-refractivity contribution is 0.0696. The third-order valence-corrected chi connectivity index (χ3v) is 7.44.